The van der Waals surface area contributed by atoms with E-state index in [2.05, 4.69) is 16.0 Å². The van der Waals surface area contributed by atoms with Crippen molar-refractivity contribution in [1.82, 2.24) is 14.9 Å². The standard InChI is InChI=1S/C21H24N4O/c22-12-15-6-8-16(9-7-15)13-25-11-10-19-18(14-25)21(26)24-20(23-19)17-4-2-1-3-5-17/h6-9,17H,1-5,10-11,13-14H2,(H,23,24,26). The fourth-order valence-corrected chi connectivity index (χ4v) is 4.15. The van der Waals surface area contributed by atoms with Crippen molar-refractivity contribution in [2.45, 2.75) is 57.5 Å². The summed E-state index contributed by atoms with van der Waals surface area (Å²) in [6.07, 6.45) is 6.90. The lowest BCUT2D eigenvalue weighted by Gasteiger charge is -2.29. The third kappa shape index (κ3) is 3.56. The number of fused-ring (bicyclic) bond motifs is 1. The first-order chi connectivity index (χ1) is 12.7. The van der Waals surface area contributed by atoms with Gasteiger partial charge in [0.15, 0.2) is 0 Å². The van der Waals surface area contributed by atoms with Crippen LogP contribution in [-0.2, 0) is 19.5 Å². The first kappa shape index (κ1) is 17.0. The molecule has 5 heteroatoms. The molecule has 0 atom stereocenters. The summed E-state index contributed by atoms with van der Waals surface area (Å²) < 4.78 is 0. The molecule has 1 aliphatic heterocycles. The van der Waals surface area contributed by atoms with Crippen molar-refractivity contribution in [3.05, 3.63) is 62.8 Å². The van der Waals surface area contributed by atoms with Crippen LogP contribution in [-0.4, -0.2) is 21.4 Å². The maximum atomic E-state index is 12.7. The van der Waals surface area contributed by atoms with Crippen LogP contribution in [0.25, 0.3) is 0 Å². The molecule has 1 aromatic heterocycles. The maximum absolute atomic E-state index is 12.7. The number of nitrogens with zero attached hydrogens (tertiary/aromatic N) is 3. The zero-order valence-corrected chi connectivity index (χ0v) is 15.0. The Morgan fingerprint density at radius 1 is 1.19 bits per heavy atom. The Labute approximate surface area is 153 Å². The maximum Gasteiger partial charge on any atom is 0.255 e. The normalized spacial score (nSPS) is 18.3. The van der Waals surface area contributed by atoms with Gasteiger partial charge in [0.05, 0.1) is 22.9 Å². The molecule has 0 bridgehead atoms. The smallest absolute Gasteiger partial charge is 0.255 e. The van der Waals surface area contributed by atoms with E-state index in [1.54, 1.807) is 0 Å². The van der Waals surface area contributed by atoms with Crippen molar-refractivity contribution >= 4 is 0 Å². The van der Waals surface area contributed by atoms with Crippen LogP contribution in [0.3, 0.4) is 0 Å². The zero-order chi connectivity index (χ0) is 17.9. The van der Waals surface area contributed by atoms with Crippen molar-refractivity contribution in [2.24, 2.45) is 0 Å². The number of H-pyrrole nitrogens is 1. The van der Waals surface area contributed by atoms with Crippen LogP contribution >= 0.6 is 0 Å². The second-order valence-electron chi connectivity index (χ2n) is 7.48. The lowest BCUT2D eigenvalue weighted by atomic mass is 9.88. The van der Waals surface area contributed by atoms with Gasteiger partial charge < -0.3 is 4.98 Å². The Kier molecular flexibility index (Phi) is 4.85. The predicted octanol–water partition coefficient (Wildman–Crippen LogP) is 3.25. The van der Waals surface area contributed by atoms with Gasteiger partial charge in [0.25, 0.3) is 5.56 Å². The molecular weight excluding hydrogens is 324 g/mol. The van der Waals surface area contributed by atoms with Crippen molar-refractivity contribution in [3.63, 3.8) is 0 Å². The highest BCUT2D eigenvalue weighted by molar-refractivity contribution is 5.31. The van der Waals surface area contributed by atoms with Crippen LogP contribution < -0.4 is 5.56 Å². The highest BCUT2D eigenvalue weighted by Gasteiger charge is 2.24. The molecule has 0 radical (unpaired) electrons. The molecule has 1 saturated carbocycles. The van der Waals surface area contributed by atoms with Gasteiger partial charge in [-0.3, -0.25) is 9.69 Å². The Morgan fingerprint density at radius 3 is 2.69 bits per heavy atom. The summed E-state index contributed by atoms with van der Waals surface area (Å²) in [5.74, 6) is 1.34. The molecule has 2 aliphatic rings. The molecule has 1 N–H and O–H groups in total. The molecule has 0 spiro atoms. The Hall–Kier alpha value is -2.45. The summed E-state index contributed by atoms with van der Waals surface area (Å²) in [6, 6.07) is 9.81. The summed E-state index contributed by atoms with van der Waals surface area (Å²) in [4.78, 5) is 22.8. The number of hydrogen-bond acceptors (Lipinski definition) is 4. The van der Waals surface area contributed by atoms with Crippen LogP contribution in [0.5, 0.6) is 0 Å². The molecule has 0 unspecified atom stereocenters. The molecule has 0 saturated heterocycles. The van der Waals surface area contributed by atoms with Gasteiger partial charge in [-0.25, -0.2) is 4.98 Å². The first-order valence-corrected chi connectivity index (χ1v) is 9.56. The van der Waals surface area contributed by atoms with Gasteiger partial charge in [-0.15, -0.1) is 0 Å². The monoisotopic (exact) mass is 348 g/mol. The van der Waals surface area contributed by atoms with Gasteiger partial charge in [-0.05, 0) is 30.5 Å². The second-order valence-corrected chi connectivity index (χ2v) is 7.48. The molecule has 0 amide bonds. The Morgan fingerprint density at radius 2 is 1.96 bits per heavy atom. The number of nitriles is 1. The molecular formula is C21H24N4O. The van der Waals surface area contributed by atoms with E-state index in [1.165, 1.54) is 19.3 Å². The van der Waals surface area contributed by atoms with E-state index in [0.717, 1.165) is 55.0 Å². The van der Waals surface area contributed by atoms with E-state index in [1.807, 2.05) is 24.3 Å². The number of rotatable bonds is 3. The third-order valence-electron chi connectivity index (χ3n) is 5.65. The lowest BCUT2D eigenvalue weighted by molar-refractivity contribution is 0.241. The Balaban J connectivity index is 1.49. The van der Waals surface area contributed by atoms with Crippen molar-refractivity contribution in [2.75, 3.05) is 6.54 Å². The van der Waals surface area contributed by atoms with E-state index in [-0.39, 0.29) is 5.56 Å². The van der Waals surface area contributed by atoms with E-state index >= 15 is 0 Å². The van der Waals surface area contributed by atoms with Gasteiger partial charge in [0.2, 0.25) is 0 Å². The van der Waals surface area contributed by atoms with E-state index in [9.17, 15) is 4.79 Å². The van der Waals surface area contributed by atoms with Crippen molar-refractivity contribution in [1.29, 1.82) is 5.26 Å². The average molecular weight is 348 g/mol. The molecule has 4 rings (SSSR count). The topological polar surface area (TPSA) is 72.8 Å². The van der Waals surface area contributed by atoms with Crippen LogP contribution in [0.4, 0.5) is 0 Å². The summed E-state index contributed by atoms with van der Waals surface area (Å²) in [7, 11) is 0. The predicted molar refractivity (Wildman–Crippen MR) is 99.7 cm³/mol. The summed E-state index contributed by atoms with van der Waals surface area (Å²) in [5.41, 5.74) is 3.69. The van der Waals surface area contributed by atoms with Crippen LogP contribution in [0, 0.1) is 11.3 Å². The SMILES string of the molecule is N#Cc1ccc(CN2CCc3nc(C4CCCCC4)[nH]c(=O)c3C2)cc1. The summed E-state index contributed by atoms with van der Waals surface area (Å²) in [5, 5.41) is 8.90. The van der Waals surface area contributed by atoms with Crippen molar-refractivity contribution in [3.8, 4) is 6.07 Å². The van der Waals surface area contributed by atoms with E-state index < -0.39 is 0 Å². The van der Waals surface area contributed by atoms with Crippen LogP contribution in [0.2, 0.25) is 0 Å². The molecule has 1 fully saturated rings. The van der Waals surface area contributed by atoms with Gasteiger partial charge in [0, 0.05) is 32.0 Å². The lowest BCUT2D eigenvalue weighted by Crippen LogP contribution is -2.36. The summed E-state index contributed by atoms with van der Waals surface area (Å²) >= 11 is 0. The number of hydrogen-bond donors (Lipinski definition) is 1. The van der Waals surface area contributed by atoms with Crippen molar-refractivity contribution < 1.29 is 0 Å². The molecule has 5 nitrogen and oxygen atoms in total. The van der Waals surface area contributed by atoms with Gasteiger partial charge in [-0.2, -0.15) is 5.26 Å². The number of aromatic nitrogens is 2. The third-order valence-corrected chi connectivity index (χ3v) is 5.65. The highest BCUT2D eigenvalue weighted by Crippen LogP contribution is 2.30. The molecule has 2 aromatic rings. The largest absolute Gasteiger partial charge is 0.310 e. The average Bonchev–Trinajstić information content (AvgIpc) is 2.69. The molecule has 1 aromatic carbocycles. The number of aromatic amines is 1. The minimum absolute atomic E-state index is 0.0418. The molecule has 2 heterocycles. The fourth-order valence-electron chi connectivity index (χ4n) is 4.15. The molecule has 134 valence electrons. The van der Waals surface area contributed by atoms with E-state index in [4.69, 9.17) is 10.2 Å². The zero-order valence-electron chi connectivity index (χ0n) is 15.0. The quantitative estimate of drug-likeness (QED) is 0.924. The van der Waals surface area contributed by atoms with Gasteiger partial charge in [-0.1, -0.05) is 31.4 Å². The Bertz CT molecular complexity index is 872. The van der Waals surface area contributed by atoms with Gasteiger partial charge >= 0.3 is 0 Å². The second kappa shape index (κ2) is 7.43. The van der Waals surface area contributed by atoms with E-state index in [0.29, 0.717) is 18.0 Å². The number of benzene rings is 1. The summed E-state index contributed by atoms with van der Waals surface area (Å²) in [6.45, 7) is 2.34. The minimum atomic E-state index is 0.0418. The molecule has 26 heavy (non-hydrogen) atoms. The fraction of sp³-hybridized carbons (Fsp3) is 0.476. The minimum Gasteiger partial charge on any atom is -0.310 e. The van der Waals surface area contributed by atoms with Crippen LogP contribution in [0.15, 0.2) is 29.1 Å². The molecule has 1 aliphatic carbocycles. The first-order valence-electron chi connectivity index (χ1n) is 9.56. The van der Waals surface area contributed by atoms with Crippen LogP contribution in [0.1, 0.15) is 66.2 Å². The highest BCUT2D eigenvalue weighted by atomic mass is 16.1. The van der Waals surface area contributed by atoms with Gasteiger partial charge in [0.1, 0.15) is 5.82 Å². The number of nitrogens with one attached hydrogen (secondary N) is 1.